The number of carbonyl (C=O) groups excluding carboxylic acids is 2. The molecule has 6 heteroatoms. The highest BCUT2D eigenvalue weighted by Gasteiger charge is 2.26. The molecule has 0 spiro atoms. The van der Waals surface area contributed by atoms with Gasteiger partial charge in [-0.15, -0.1) is 0 Å². The molecule has 152 valence electrons. The number of carbonyl (C=O) groups is 2. The second-order valence-electron chi connectivity index (χ2n) is 6.89. The lowest BCUT2D eigenvalue weighted by Gasteiger charge is -2.22. The summed E-state index contributed by atoms with van der Waals surface area (Å²) >= 11 is 0. The smallest absolute Gasteiger partial charge is 0.312 e. The molecule has 0 saturated heterocycles. The summed E-state index contributed by atoms with van der Waals surface area (Å²) in [6.07, 6.45) is 9.57. The minimum Gasteiger partial charge on any atom is -0.474 e. The fraction of sp³-hybridized carbons (Fsp3) is 0.348. The van der Waals surface area contributed by atoms with Crippen molar-refractivity contribution < 1.29 is 14.3 Å². The first-order valence-electron chi connectivity index (χ1n) is 10.1. The Balaban J connectivity index is 1.56. The highest BCUT2D eigenvalue weighted by molar-refractivity contribution is 6.13. The summed E-state index contributed by atoms with van der Waals surface area (Å²) in [5, 5.41) is 2.95. The van der Waals surface area contributed by atoms with E-state index in [1.165, 1.54) is 0 Å². The Morgan fingerprint density at radius 1 is 1.21 bits per heavy atom. The van der Waals surface area contributed by atoms with Gasteiger partial charge in [0.1, 0.15) is 0 Å². The molecule has 2 amide bonds. The molecule has 1 aliphatic heterocycles. The highest BCUT2D eigenvalue weighted by Crippen LogP contribution is 2.20. The number of rotatable bonds is 8. The lowest BCUT2D eigenvalue weighted by molar-refractivity contribution is -0.118. The third-order valence-electron chi connectivity index (χ3n) is 4.95. The number of hydrogen-bond acceptors (Lipinski definition) is 4. The summed E-state index contributed by atoms with van der Waals surface area (Å²) in [5.74, 6) is -0.291. The molecule has 1 aromatic carbocycles. The lowest BCUT2D eigenvalue weighted by atomic mass is 10.1. The minimum atomic E-state index is -0.397. The van der Waals surface area contributed by atoms with E-state index < -0.39 is 5.91 Å². The number of nitrogens with zero attached hydrogens (tertiary/aromatic N) is 2. The van der Waals surface area contributed by atoms with Gasteiger partial charge in [-0.3, -0.25) is 9.59 Å². The molecule has 3 rings (SSSR count). The van der Waals surface area contributed by atoms with E-state index in [4.69, 9.17) is 4.74 Å². The Bertz CT molecular complexity index is 862. The van der Waals surface area contributed by atoms with Gasteiger partial charge in [-0.05, 0) is 62.0 Å². The Morgan fingerprint density at radius 3 is 2.69 bits per heavy atom. The molecule has 0 radical (unpaired) electrons. The van der Waals surface area contributed by atoms with Crippen molar-refractivity contribution in [1.29, 1.82) is 0 Å². The van der Waals surface area contributed by atoms with Crippen LogP contribution in [0.25, 0.3) is 6.08 Å². The Kier molecular flexibility index (Phi) is 7.14. The minimum absolute atomic E-state index is 0.0953. The van der Waals surface area contributed by atoms with Crippen molar-refractivity contribution in [2.24, 2.45) is 4.99 Å². The Labute approximate surface area is 171 Å². The van der Waals surface area contributed by atoms with Crippen LogP contribution < -0.4 is 5.32 Å². The maximum Gasteiger partial charge on any atom is 0.312 e. The summed E-state index contributed by atoms with van der Waals surface area (Å²) in [5.41, 5.74) is 1.98. The van der Waals surface area contributed by atoms with Gasteiger partial charge in [-0.1, -0.05) is 38.1 Å². The molecule has 1 N–H and O–H groups in total. The second kappa shape index (κ2) is 9.98. The quantitative estimate of drug-likeness (QED) is 0.544. The molecule has 1 atom stereocenters. The number of amides is 2. The van der Waals surface area contributed by atoms with Crippen LogP contribution in [-0.2, 0) is 9.53 Å². The average molecular weight is 393 g/mol. The van der Waals surface area contributed by atoms with Gasteiger partial charge < -0.3 is 15.0 Å². The van der Waals surface area contributed by atoms with E-state index >= 15 is 0 Å². The highest BCUT2D eigenvalue weighted by atomic mass is 16.5. The summed E-state index contributed by atoms with van der Waals surface area (Å²) in [6.45, 7) is 7.94. The van der Waals surface area contributed by atoms with Gasteiger partial charge in [0.15, 0.2) is 11.9 Å². The maximum absolute atomic E-state index is 12.3. The molecule has 2 aliphatic rings. The van der Waals surface area contributed by atoms with Crippen molar-refractivity contribution in [1.82, 2.24) is 10.2 Å². The molecule has 0 bridgehead atoms. The molecule has 29 heavy (non-hydrogen) atoms. The fourth-order valence-corrected chi connectivity index (χ4v) is 3.20. The van der Waals surface area contributed by atoms with Crippen LogP contribution in [0.3, 0.4) is 0 Å². The first kappa shape index (κ1) is 20.7. The number of hydrogen-bond donors (Lipinski definition) is 1. The largest absolute Gasteiger partial charge is 0.474 e. The topological polar surface area (TPSA) is 71.0 Å². The van der Waals surface area contributed by atoms with Crippen molar-refractivity contribution in [2.45, 2.75) is 26.4 Å². The number of allylic oxidation sites excluding steroid dienone is 2. The van der Waals surface area contributed by atoms with Gasteiger partial charge in [0.25, 0.3) is 5.91 Å². The molecule has 1 unspecified atom stereocenters. The fourth-order valence-electron chi connectivity index (χ4n) is 3.20. The molecule has 0 fully saturated rings. The predicted molar refractivity (Wildman–Crippen MR) is 115 cm³/mol. The van der Waals surface area contributed by atoms with Gasteiger partial charge in [-0.2, -0.15) is 0 Å². The van der Waals surface area contributed by atoms with E-state index in [0.29, 0.717) is 17.8 Å². The van der Waals surface area contributed by atoms with Crippen LogP contribution in [0.5, 0.6) is 0 Å². The van der Waals surface area contributed by atoms with Gasteiger partial charge in [0, 0.05) is 12.1 Å². The van der Waals surface area contributed by atoms with Crippen LogP contribution in [-0.4, -0.2) is 54.7 Å². The lowest BCUT2D eigenvalue weighted by Crippen LogP contribution is -2.30. The Hall–Kier alpha value is -2.99. The maximum atomic E-state index is 12.3. The van der Waals surface area contributed by atoms with E-state index in [1.54, 1.807) is 36.4 Å². The third-order valence-corrected chi connectivity index (χ3v) is 4.95. The van der Waals surface area contributed by atoms with Crippen LogP contribution in [0.2, 0.25) is 0 Å². The van der Waals surface area contributed by atoms with Crippen LogP contribution >= 0.6 is 0 Å². The number of aliphatic imine (C=N–C) groups is 1. The molecular formula is C23H27N3O3. The molecule has 1 aromatic rings. The number of ether oxygens (including phenoxy) is 1. The van der Waals surface area contributed by atoms with E-state index in [2.05, 4.69) is 29.1 Å². The van der Waals surface area contributed by atoms with Gasteiger partial charge in [0.2, 0.25) is 0 Å². The van der Waals surface area contributed by atoms with Crippen molar-refractivity contribution >= 4 is 23.6 Å². The summed E-state index contributed by atoms with van der Waals surface area (Å²) in [4.78, 5) is 30.9. The molecule has 1 heterocycles. The van der Waals surface area contributed by atoms with Crippen molar-refractivity contribution in [3.8, 4) is 0 Å². The predicted octanol–water partition coefficient (Wildman–Crippen LogP) is 2.98. The first-order valence-corrected chi connectivity index (χ1v) is 10.1. The average Bonchev–Trinajstić information content (AvgIpc) is 2.75. The standard InChI is InChI=1S/C23H27N3O3/c1-3-26(4-2)15-7-14-24-22(27)18-12-10-17(11-13-18)16-21-23(28)25-19-8-5-6-9-20(19)29-21/h5-6,8-13,16,20H,3-4,7,14-15H2,1-2H3,(H,24,27)/b21-16+. The molecule has 0 saturated carbocycles. The number of benzene rings is 1. The van der Waals surface area contributed by atoms with E-state index in [1.807, 2.05) is 18.2 Å². The van der Waals surface area contributed by atoms with E-state index in [-0.39, 0.29) is 17.8 Å². The van der Waals surface area contributed by atoms with Crippen molar-refractivity contribution in [2.75, 3.05) is 26.2 Å². The van der Waals surface area contributed by atoms with Gasteiger partial charge in [-0.25, -0.2) is 4.99 Å². The Morgan fingerprint density at radius 2 is 1.97 bits per heavy atom. The van der Waals surface area contributed by atoms with E-state index in [9.17, 15) is 9.59 Å². The first-order chi connectivity index (χ1) is 14.1. The number of nitrogens with one attached hydrogen (secondary N) is 1. The zero-order valence-electron chi connectivity index (χ0n) is 16.9. The normalized spacial score (nSPS) is 19.1. The SMILES string of the molecule is CCN(CC)CCCNC(=O)c1ccc(/C=C2/OC3C=CC=CC3=NC2=O)cc1. The van der Waals surface area contributed by atoms with Crippen molar-refractivity contribution in [3.63, 3.8) is 0 Å². The molecule has 6 nitrogen and oxygen atoms in total. The second-order valence-corrected chi connectivity index (χ2v) is 6.89. The zero-order valence-corrected chi connectivity index (χ0v) is 16.9. The molecular weight excluding hydrogens is 366 g/mol. The zero-order chi connectivity index (χ0) is 20.6. The van der Waals surface area contributed by atoms with Crippen LogP contribution in [0.4, 0.5) is 0 Å². The van der Waals surface area contributed by atoms with Crippen LogP contribution in [0.1, 0.15) is 36.2 Å². The van der Waals surface area contributed by atoms with Gasteiger partial charge >= 0.3 is 5.91 Å². The van der Waals surface area contributed by atoms with Crippen molar-refractivity contribution in [3.05, 3.63) is 65.5 Å². The molecule has 1 aliphatic carbocycles. The monoisotopic (exact) mass is 393 g/mol. The van der Waals surface area contributed by atoms with E-state index in [0.717, 1.165) is 31.6 Å². The third kappa shape index (κ3) is 5.51. The molecule has 0 aromatic heterocycles. The number of fused-ring (bicyclic) bond motifs is 1. The van der Waals surface area contributed by atoms with Gasteiger partial charge in [0.05, 0.1) is 5.71 Å². The van der Waals surface area contributed by atoms with Crippen LogP contribution in [0, 0.1) is 0 Å². The van der Waals surface area contributed by atoms with Crippen LogP contribution in [0.15, 0.2) is 59.3 Å². The summed E-state index contributed by atoms with van der Waals surface area (Å²) < 4.78 is 5.75. The summed E-state index contributed by atoms with van der Waals surface area (Å²) in [7, 11) is 0. The summed E-state index contributed by atoms with van der Waals surface area (Å²) in [6, 6.07) is 7.09.